The Hall–Kier alpha value is -2.51. The first kappa shape index (κ1) is 22.7. The number of hydrogen-bond donors (Lipinski definition) is 3. The smallest absolute Gasteiger partial charge is 0.275 e. The largest absolute Gasteiger partial charge is 0.383 e. The maximum absolute atomic E-state index is 12.8. The number of nitrogens with two attached hydrogens (primary N) is 1. The zero-order valence-electron chi connectivity index (χ0n) is 19.1. The van der Waals surface area contributed by atoms with E-state index in [9.17, 15) is 4.79 Å². The number of nitrogens with one attached hydrogen (secondary N) is 2. The Bertz CT molecular complexity index is 1160. The molecule has 0 amide bonds. The fourth-order valence-electron chi connectivity index (χ4n) is 5.20. The molecule has 0 bridgehead atoms. The number of piperidine rings is 1. The Balaban J connectivity index is 1.50. The predicted octanol–water partition coefficient (Wildman–Crippen LogP) is 4.91. The highest BCUT2D eigenvalue weighted by atomic mass is 32.1. The van der Waals surface area contributed by atoms with Crippen LogP contribution in [0.2, 0.25) is 0 Å². The van der Waals surface area contributed by atoms with Crippen LogP contribution in [-0.2, 0) is 6.42 Å². The number of amidine groups is 1. The fraction of sp³-hybridized carbons (Fsp3) is 0.480. The van der Waals surface area contributed by atoms with Crippen molar-refractivity contribution in [2.75, 3.05) is 0 Å². The van der Waals surface area contributed by atoms with E-state index in [0.717, 1.165) is 40.7 Å². The Labute approximate surface area is 193 Å². The number of rotatable bonds is 7. The van der Waals surface area contributed by atoms with Crippen LogP contribution in [0.15, 0.2) is 35.1 Å². The summed E-state index contributed by atoms with van der Waals surface area (Å²) in [5, 5.41) is 7.58. The summed E-state index contributed by atoms with van der Waals surface area (Å²) in [6, 6.07) is 11.5. The van der Waals surface area contributed by atoms with E-state index in [2.05, 4.69) is 41.7 Å². The van der Waals surface area contributed by atoms with E-state index in [1.807, 2.05) is 12.1 Å². The number of likely N-dealkylation sites (tertiary alicyclic amines) is 1. The standard InChI is InChI=1S/C25H33N5OS/c1-15-7-4-8-16(2)30(15)17(3)9-5-10-18-11-6-12-19-22(18)29-25(31)23(28-19)20-13-14-21(32-20)24(26)27/h6,11-17H,4-5,7-10H2,1-3H3,(H3,26,27)(H,29,31). The van der Waals surface area contributed by atoms with Crippen molar-refractivity contribution in [2.24, 2.45) is 5.73 Å². The molecule has 0 aliphatic carbocycles. The highest BCUT2D eigenvalue weighted by molar-refractivity contribution is 7.17. The van der Waals surface area contributed by atoms with Crippen molar-refractivity contribution in [1.82, 2.24) is 14.9 Å². The molecule has 1 aliphatic heterocycles. The Morgan fingerprint density at radius 3 is 2.72 bits per heavy atom. The number of fused-ring (bicyclic) bond motifs is 1. The number of thiophene rings is 1. The van der Waals surface area contributed by atoms with Crippen molar-refractivity contribution in [2.45, 2.75) is 77.4 Å². The van der Waals surface area contributed by atoms with Crippen LogP contribution in [-0.4, -0.2) is 38.8 Å². The van der Waals surface area contributed by atoms with E-state index in [1.165, 1.54) is 30.6 Å². The third-order valence-corrected chi connectivity index (χ3v) is 7.88. The molecule has 4 rings (SSSR count). The third-order valence-electron chi connectivity index (χ3n) is 6.76. The van der Waals surface area contributed by atoms with Gasteiger partial charge in [-0.1, -0.05) is 18.6 Å². The number of aromatic amines is 1. The zero-order chi connectivity index (χ0) is 22.8. The molecule has 6 nitrogen and oxygen atoms in total. The summed E-state index contributed by atoms with van der Waals surface area (Å²) in [7, 11) is 0. The van der Waals surface area contributed by atoms with Gasteiger partial charge in [-0.15, -0.1) is 11.3 Å². The summed E-state index contributed by atoms with van der Waals surface area (Å²) in [6.45, 7) is 7.07. The van der Waals surface area contributed by atoms with Gasteiger partial charge < -0.3 is 10.7 Å². The van der Waals surface area contributed by atoms with Crippen LogP contribution in [0, 0.1) is 5.41 Å². The first-order chi connectivity index (χ1) is 15.3. The van der Waals surface area contributed by atoms with Crippen molar-refractivity contribution in [3.8, 4) is 10.6 Å². The van der Waals surface area contributed by atoms with Crippen LogP contribution in [0.25, 0.3) is 21.6 Å². The maximum Gasteiger partial charge on any atom is 0.275 e. The summed E-state index contributed by atoms with van der Waals surface area (Å²) in [4.78, 5) is 24.6. The molecule has 2 aromatic heterocycles. The number of aromatic nitrogens is 2. The lowest BCUT2D eigenvalue weighted by atomic mass is 9.93. The van der Waals surface area contributed by atoms with Crippen molar-refractivity contribution in [1.29, 1.82) is 5.41 Å². The molecule has 3 unspecified atom stereocenters. The minimum atomic E-state index is -0.203. The molecule has 3 atom stereocenters. The Morgan fingerprint density at radius 1 is 1.28 bits per heavy atom. The second-order valence-corrected chi connectivity index (χ2v) is 10.2. The highest BCUT2D eigenvalue weighted by Crippen LogP contribution is 2.28. The number of H-pyrrole nitrogens is 1. The number of aryl methyl sites for hydroxylation is 1. The van der Waals surface area contributed by atoms with E-state index in [0.29, 0.717) is 28.7 Å². The molecular weight excluding hydrogens is 418 g/mol. The molecule has 0 saturated carbocycles. The molecule has 0 radical (unpaired) electrons. The number of nitrogens with zero attached hydrogens (tertiary/aromatic N) is 2. The SMILES string of the molecule is CC(CCCc1cccc2nc(-c3ccc(C(=N)N)s3)c(=O)[nH]c12)N1C(C)CCCC1C. The lowest BCUT2D eigenvalue weighted by Gasteiger charge is -2.43. The molecular formula is C25H33N5OS. The van der Waals surface area contributed by atoms with Gasteiger partial charge in [-0.25, -0.2) is 4.98 Å². The average Bonchev–Trinajstić information content (AvgIpc) is 3.24. The van der Waals surface area contributed by atoms with Gasteiger partial charge in [0.25, 0.3) is 5.56 Å². The maximum atomic E-state index is 12.8. The second kappa shape index (κ2) is 9.55. The summed E-state index contributed by atoms with van der Waals surface area (Å²) in [5.74, 6) is 0.00308. The van der Waals surface area contributed by atoms with Crippen molar-refractivity contribution >= 4 is 28.2 Å². The van der Waals surface area contributed by atoms with Gasteiger partial charge in [0.15, 0.2) is 0 Å². The third kappa shape index (κ3) is 4.64. The molecule has 7 heteroatoms. The van der Waals surface area contributed by atoms with Gasteiger partial charge >= 0.3 is 0 Å². The quantitative estimate of drug-likeness (QED) is 0.351. The van der Waals surface area contributed by atoms with E-state index in [4.69, 9.17) is 11.1 Å². The molecule has 170 valence electrons. The van der Waals surface area contributed by atoms with E-state index in [-0.39, 0.29) is 11.4 Å². The van der Waals surface area contributed by atoms with E-state index >= 15 is 0 Å². The lowest BCUT2D eigenvalue weighted by molar-refractivity contribution is 0.0580. The minimum absolute atomic E-state index is 0.00308. The fourth-order valence-corrected chi connectivity index (χ4v) is 6.05. The van der Waals surface area contributed by atoms with Crippen LogP contribution in [0.4, 0.5) is 0 Å². The van der Waals surface area contributed by atoms with Gasteiger partial charge in [0, 0.05) is 18.1 Å². The normalized spacial score (nSPS) is 20.5. The minimum Gasteiger partial charge on any atom is -0.383 e. The molecule has 3 heterocycles. The number of hydrogen-bond acceptors (Lipinski definition) is 5. The van der Waals surface area contributed by atoms with Gasteiger partial charge in [-0.2, -0.15) is 0 Å². The summed E-state index contributed by atoms with van der Waals surface area (Å²) in [6.07, 6.45) is 7.07. The molecule has 32 heavy (non-hydrogen) atoms. The van der Waals surface area contributed by atoms with Crippen LogP contribution in [0.5, 0.6) is 0 Å². The van der Waals surface area contributed by atoms with Gasteiger partial charge in [0.1, 0.15) is 11.5 Å². The van der Waals surface area contributed by atoms with Crippen LogP contribution < -0.4 is 11.3 Å². The molecule has 1 fully saturated rings. The highest BCUT2D eigenvalue weighted by Gasteiger charge is 2.28. The molecule has 3 aromatic rings. The molecule has 1 aliphatic rings. The average molecular weight is 452 g/mol. The molecule has 1 aromatic carbocycles. The Kier molecular flexibility index (Phi) is 6.76. The second-order valence-electron chi connectivity index (χ2n) is 9.12. The molecule has 0 spiro atoms. The van der Waals surface area contributed by atoms with Gasteiger partial charge in [0.05, 0.1) is 20.8 Å². The Morgan fingerprint density at radius 2 is 2.03 bits per heavy atom. The van der Waals surface area contributed by atoms with Crippen molar-refractivity contribution in [3.05, 3.63) is 51.1 Å². The summed E-state index contributed by atoms with van der Waals surface area (Å²) >= 11 is 1.32. The zero-order valence-corrected chi connectivity index (χ0v) is 20.0. The summed E-state index contributed by atoms with van der Waals surface area (Å²) < 4.78 is 0. The number of nitrogen functional groups attached to an aromatic ring is 1. The monoisotopic (exact) mass is 451 g/mol. The van der Waals surface area contributed by atoms with Gasteiger partial charge in [0.2, 0.25) is 0 Å². The number of benzene rings is 1. The summed E-state index contributed by atoms with van der Waals surface area (Å²) in [5.41, 5.74) is 8.51. The van der Waals surface area contributed by atoms with Gasteiger partial charge in [-0.05, 0) is 76.6 Å². The lowest BCUT2D eigenvalue weighted by Crippen LogP contribution is -2.48. The van der Waals surface area contributed by atoms with Gasteiger partial charge in [-0.3, -0.25) is 15.1 Å². The first-order valence-electron chi connectivity index (χ1n) is 11.6. The van der Waals surface area contributed by atoms with Crippen LogP contribution in [0.3, 0.4) is 0 Å². The van der Waals surface area contributed by atoms with Crippen LogP contribution in [0.1, 0.15) is 63.3 Å². The topological polar surface area (TPSA) is 98.9 Å². The van der Waals surface area contributed by atoms with Crippen molar-refractivity contribution in [3.63, 3.8) is 0 Å². The van der Waals surface area contributed by atoms with E-state index < -0.39 is 0 Å². The number of para-hydroxylation sites is 1. The molecule has 4 N–H and O–H groups in total. The molecule has 1 saturated heterocycles. The predicted molar refractivity (Wildman–Crippen MR) is 134 cm³/mol. The van der Waals surface area contributed by atoms with Crippen LogP contribution >= 0.6 is 11.3 Å². The first-order valence-corrected chi connectivity index (χ1v) is 12.4. The van der Waals surface area contributed by atoms with Crippen molar-refractivity contribution < 1.29 is 0 Å². The van der Waals surface area contributed by atoms with E-state index in [1.54, 1.807) is 12.1 Å².